The van der Waals surface area contributed by atoms with Gasteiger partial charge in [0.15, 0.2) is 0 Å². The topological polar surface area (TPSA) is 210 Å². The van der Waals surface area contributed by atoms with Crippen LogP contribution in [0.25, 0.3) is 22.5 Å². The van der Waals surface area contributed by atoms with Gasteiger partial charge in [-0.1, -0.05) is 30.3 Å². The number of carbonyl (C=O) groups is 5. The van der Waals surface area contributed by atoms with E-state index in [1.54, 1.807) is 35.2 Å². The van der Waals surface area contributed by atoms with Crippen LogP contribution in [0.5, 0.6) is 0 Å². The highest BCUT2D eigenvalue weighted by Gasteiger charge is 2.31. The molecule has 1 saturated carbocycles. The zero-order valence-corrected chi connectivity index (χ0v) is 36.8. The lowest BCUT2D eigenvalue weighted by atomic mass is 9.81. The number of anilines is 1. The number of H-pyrrole nitrogens is 1. The molecule has 4 aromatic rings. The summed E-state index contributed by atoms with van der Waals surface area (Å²) in [7, 11) is 0. The number of likely N-dealkylation sites (tertiary alicyclic amines) is 1. The molecule has 0 bridgehead atoms. The van der Waals surface area contributed by atoms with Crippen LogP contribution >= 0.6 is 0 Å². The van der Waals surface area contributed by atoms with Crippen LogP contribution in [-0.4, -0.2) is 98.4 Å². The average molecular weight is 868 g/mol. The predicted octanol–water partition coefficient (Wildman–Crippen LogP) is 6.80. The van der Waals surface area contributed by atoms with E-state index >= 15 is 4.39 Å². The van der Waals surface area contributed by atoms with Crippen molar-refractivity contribution in [2.24, 2.45) is 11.8 Å². The Labute approximate surface area is 366 Å². The smallest absolute Gasteiger partial charge is 0.410 e. The first-order chi connectivity index (χ1) is 29.9. The third kappa shape index (κ3) is 13.5. The lowest BCUT2D eigenvalue weighted by Gasteiger charge is -2.33. The molecular formula is C46H58FN9O7. The maximum Gasteiger partial charge on any atom is 0.410 e. The number of hydrogen-bond acceptors (Lipinski definition) is 10. The Hall–Kier alpha value is -6.39. The summed E-state index contributed by atoms with van der Waals surface area (Å²) in [5.74, 6) is -1.50. The summed E-state index contributed by atoms with van der Waals surface area (Å²) >= 11 is 0. The number of aromatic amines is 1. The summed E-state index contributed by atoms with van der Waals surface area (Å²) in [5.41, 5.74) is 1.97. The highest BCUT2D eigenvalue weighted by Crippen LogP contribution is 2.30. The maximum absolute atomic E-state index is 15.5. The molecule has 0 spiro atoms. The number of hydrogen-bond donors (Lipinski definition) is 5. The number of nitrogens with one attached hydrogen (secondary N) is 5. The van der Waals surface area contributed by atoms with E-state index in [1.165, 1.54) is 12.1 Å². The van der Waals surface area contributed by atoms with E-state index in [1.807, 2.05) is 65.8 Å². The van der Waals surface area contributed by atoms with Crippen LogP contribution in [0.2, 0.25) is 0 Å². The van der Waals surface area contributed by atoms with E-state index < -0.39 is 47.1 Å². The standard InChI is InChI=1S/C46H58FN9O7/c1-45(2,3)62-43(60)48-27-29-9-13-32(14-10-29)40(57)51-38(42(59)50-34-18-15-31(16-19-34)39-52-54-55-53-39)25-28-7-11-30(12-8-28)33-17-20-36(37(47)26-33)41(58)49-35-21-23-56(24-22-35)44(61)63-46(4,5)6/h7-8,11-12,15-20,26,29,32,35,38H,9-10,13-14,21-25,27H2,1-6H3,(H,48,60)(H,49,58)(H,50,59)(H,51,57)(H,52,53,54,55). The molecule has 17 heteroatoms. The number of tetrazole rings is 1. The van der Waals surface area contributed by atoms with Crippen molar-refractivity contribution < 1.29 is 37.8 Å². The van der Waals surface area contributed by atoms with Gasteiger partial charge in [-0.3, -0.25) is 14.4 Å². The fraction of sp³-hybridized carbons (Fsp3) is 0.478. The number of nitrogens with zero attached hydrogens (tertiary/aromatic N) is 4. The maximum atomic E-state index is 15.5. The predicted molar refractivity (Wildman–Crippen MR) is 234 cm³/mol. The Kier molecular flexibility index (Phi) is 14.8. The number of carbonyl (C=O) groups excluding carboxylic acids is 5. The molecule has 1 saturated heterocycles. The van der Waals surface area contributed by atoms with Crippen LogP contribution in [0.15, 0.2) is 66.7 Å². The summed E-state index contributed by atoms with van der Waals surface area (Å²) in [6.45, 7) is 12.2. The Morgan fingerprint density at radius 3 is 2.05 bits per heavy atom. The number of alkyl carbamates (subject to hydrolysis) is 1. The number of amides is 5. The molecule has 1 unspecified atom stereocenters. The van der Waals surface area contributed by atoms with E-state index in [2.05, 4.69) is 41.9 Å². The molecule has 1 aliphatic heterocycles. The Balaban J connectivity index is 1.07. The van der Waals surface area contributed by atoms with Crippen molar-refractivity contribution in [3.8, 4) is 22.5 Å². The molecule has 16 nitrogen and oxygen atoms in total. The van der Waals surface area contributed by atoms with Gasteiger partial charge in [0.1, 0.15) is 23.1 Å². The van der Waals surface area contributed by atoms with E-state index in [4.69, 9.17) is 9.47 Å². The lowest BCUT2D eigenvalue weighted by Crippen LogP contribution is -2.48. The Bertz CT molecular complexity index is 2210. The summed E-state index contributed by atoms with van der Waals surface area (Å²) in [5, 5.41) is 25.6. The lowest BCUT2D eigenvalue weighted by molar-refractivity contribution is -0.130. The van der Waals surface area contributed by atoms with E-state index in [-0.39, 0.29) is 35.8 Å². The highest BCUT2D eigenvalue weighted by atomic mass is 19.1. The molecule has 2 heterocycles. The van der Waals surface area contributed by atoms with E-state index in [0.717, 1.165) is 18.4 Å². The van der Waals surface area contributed by atoms with Gasteiger partial charge in [-0.15, -0.1) is 10.2 Å². The minimum Gasteiger partial charge on any atom is -0.444 e. The molecule has 63 heavy (non-hydrogen) atoms. The van der Waals surface area contributed by atoms with E-state index in [0.29, 0.717) is 73.5 Å². The second-order valence-electron chi connectivity index (χ2n) is 18.3. The largest absolute Gasteiger partial charge is 0.444 e. The molecule has 2 fully saturated rings. The quantitative estimate of drug-likeness (QED) is 0.101. The molecule has 1 atom stereocenters. The van der Waals surface area contributed by atoms with Crippen molar-refractivity contribution in [3.63, 3.8) is 0 Å². The Morgan fingerprint density at radius 1 is 0.810 bits per heavy atom. The molecule has 3 aromatic carbocycles. The fourth-order valence-corrected chi connectivity index (χ4v) is 7.63. The van der Waals surface area contributed by atoms with Crippen molar-refractivity contribution in [1.82, 2.24) is 41.5 Å². The van der Waals surface area contributed by atoms with Crippen LogP contribution in [0.3, 0.4) is 0 Å². The van der Waals surface area contributed by atoms with Crippen molar-refractivity contribution in [3.05, 3.63) is 83.7 Å². The third-order valence-corrected chi connectivity index (χ3v) is 11.0. The first-order valence-electron chi connectivity index (χ1n) is 21.5. The monoisotopic (exact) mass is 867 g/mol. The second-order valence-corrected chi connectivity index (χ2v) is 18.3. The summed E-state index contributed by atoms with van der Waals surface area (Å²) < 4.78 is 26.3. The van der Waals surface area contributed by atoms with Crippen molar-refractivity contribution >= 4 is 35.6 Å². The summed E-state index contributed by atoms with van der Waals surface area (Å²) in [6, 6.07) is 17.5. The van der Waals surface area contributed by atoms with Crippen molar-refractivity contribution in [2.75, 3.05) is 25.0 Å². The molecule has 5 N–H and O–H groups in total. The first kappa shape index (κ1) is 46.1. The third-order valence-electron chi connectivity index (χ3n) is 11.0. The number of piperidine rings is 1. The molecule has 336 valence electrons. The highest BCUT2D eigenvalue weighted by molar-refractivity contribution is 5.98. The first-order valence-corrected chi connectivity index (χ1v) is 21.5. The van der Waals surface area contributed by atoms with Gasteiger partial charge < -0.3 is 35.6 Å². The van der Waals surface area contributed by atoms with E-state index in [9.17, 15) is 24.0 Å². The Morgan fingerprint density at radius 2 is 1.44 bits per heavy atom. The van der Waals surface area contributed by atoms with Crippen molar-refractivity contribution in [1.29, 1.82) is 0 Å². The normalized spacial score (nSPS) is 17.5. The molecule has 5 amide bonds. The van der Waals surface area contributed by atoms with Crippen LogP contribution < -0.4 is 21.3 Å². The van der Waals surface area contributed by atoms with Gasteiger partial charge in [-0.05, 0) is 144 Å². The molecule has 1 aromatic heterocycles. The molecule has 1 aliphatic carbocycles. The van der Waals surface area contributed by atoms with Crippen molar-refractivity contribution in [2.45, 2.75) is 110 Å². The van der Waals surface area contributed by atoms with Crippen LogP contribution in [0, 0.1) is 17.7 Å². The number of benzene rings is 3. The molecule has 2 aliphatic rings. The van der Waals surface area contributed by atoms with Crippen LogP contribution in [-0.2, 0) is 25.5 Å². The zero-order chi connectivity index (χ0) is 45.3. The molecule has 0 radical (unpaired) electrons. The number of rotatable bonds is 12. The molecular weight excluding hydrogens is 810 g/mol. The van der Waals surface area contributed by atoms with Gasteiger partial charge in [0.05, 0.1) is 5.56 Å². The van der Waals surface area contributed by atoms with Crippen LogP contribution in [0.4, 0.5) is 19.7 Å². The SMILES string of the molecule is CC(C)(C)OC(=O)NCC1CCC(C(=O)NC(Cc2ccc(-c3ccc(C(=O)NC4CCN(C(=O)OC(C)(C)C)CC4)c(F)c3)cc2)C(=O)Nc2ccc(-c3nn[nH]n3)cc2)CC1. The summed E-state index contributed by atoms with van der Waals surface area (Å²) in [6.07, 6.45) is 3.07. The number of ether oxygens (including phenoxy) is 2. The van der Waals surface area contributed by atoms with Crippen LogP contribution in [0.1, 0.15) is 96.0 Å². The molecule has 6 rings (SSSR count). The zero-order valence-electron chi connectivity index (χ0n) is 36.8. The minimum atomic E-state index is -0.924. The van der Waals surface area contributed by atoms with Gasteiger partial charge in [-0.25, -0.2) is 14.0 Å². The minimum absolute atomic E-state index is 0.0788. The fourth-order valence-electron chi connectivity index (χ4n) is 7.63. The number of halogens is 1. The second kappa shape index (κ2) is 20.2. The number of aromatic nitrogens is 4. The van der Waals surface area contributed by atoms with Gasteiger partial charge in [0, 0.05) is 49.3 Å². The van der Waals surface area contributed by atoms with Gasteiger partial charge in [0.25, 0.3) is 5.91 Å². The average Bonchev–Trinajstić information content (AvgIpc) is 3.78. The summed E-state index contributed by atoms with van der Waals surface area (Å²) in [4.78, 5) is 66.9. The van der Waals surface area contributed by atoms with Gasteiger partial charge in [-0.2, -0.15) is 5.21 Å². The van der Waals surface area contributed by atoms with Gasteiger partial charge >= 0.3 is 12.2 Å². The van der Waals surface area contributed by atoms with Gasteiger partial charge in [0.2, 0.25) is 17.6 Å².